The first-order valence-corrected chi connectivity index (χ1v) is 5.87. The summed E-state index contributed by atoms with van der Waals surface area (Å²) < 4.78 is 0. The van der Waals surface area contributed by atoms with Crippen LogP contribution in [0, 0.1) is 20.8 Å². The minimum absolute atomic E-state index is 0.239. The Labute approximate surface area is 108 Å². The van der Waals surface area contributed by atoms with Crippen LogP contribution in [0.5, 0.6) is 0 Å². The van der Waals surface area contributed by atoms with Crippen molar-refractivity contribution in [1.29, 1.82) is 0 Å². The third-order valence-electron chi connectivity index (χ3n) is 2.65. The molecule has 0 N–H and O–H groups in total. The molecule has 17 heavy (non-hydrogen) atoms. The molecule has 0 bridgehead atoms. The van der Waals surface area contributed by atoms with Crippen LogP contribution in [-0.2, 0) is 4.84 Å². The number of rotatable bonds is 4. The molecule has 0 saturated carbocycles. The summed E-state index contributed by atoms with van der Waals surface area (Å²) in [6.45, 7) is 12.0. The molecule has 0 fully saturated rings. The zero-order chi connectivity index (χ0) is 13.0. The van der Waals surface area contributed by atoms with E-state index in [1.165, 1.54) is 16.7 Å². The van der Waals surface area contributed by atoms with Crippen LogP contribution in [-0.4, -0.2) is 12.3 Å². The summed E-state index contributed by atoms with van der Waals surface area (Å²) in [5.74, 6) is 0. The van der Waals surface area contributed by atoms with E-state index in [4.69, 9.17) is 16.4 Å². The normalized spacial score (nSPS) is 11.5. The van der Waals surface area contributed by atoms with Gasteiger partial charge in [0.2, 0.25) is 0 Å². The number of hydrogen-bond donors (Lipinski definition) is 0. The second-order valence-corrected chi connectivity index (χ2v) is 4.75. The molecule has 0 aromatic heterocycles. The maximum atomic E-state index is 5.60. The standard InChI is InChI=1S/C14H18ClNO/c1-9-6-11(3)14(7-10(9)2)13(5)16-17-8-12(4)15/h6-7H,4,8H2,1-3,5H3/b16-13+. The van der Waals surface area contributed by atoms with Gasteiger partial charge in [-0.15, -0.1) is 0 Å². The molecular formula is C14H18ClNO. The van der Waals surface area contributed by atoms with Crippen molar-refractivity contribution in [2.45, 2.75) is 27.7 Å². The Bertz CT molecular complexity index is 464. The number of benzene rings is 1. The van der Waals surface area contributed by atoms with Crippen LogP contribution >= 0.6 is 11.6 Å². The van der Waals surface area contributed by atoms with E-state index in [2.05, 4.69) is 44.6 Å². The molecule has 3 heteroatoms. The van der Waals surface area contributed by atoms with Crippen LogP contribution in [0.3, 0.4) is 0 Å². The van der Waals surface area contributed by atoms with Crippen molar-refractivity contribution >= 4 is 17.3 Å². The van der Waals surface area contributed by atoms with Crippen molar-refractivity contribution in [3.63, 3.8) is 0 Å². The van der Waals surface area contributed by atoms with Crippen LogP contribution < -0.4 is 0 Å². The number of aryl methyl sites for hydroxylation is 3. The fourth-order valence-electron chi connectivity index (χ4n) is 1.60. The molecule has 0 aliphatic rings. The summed E-state index contributed by atoms with van der Waals surface area (Å²) in [7, 11) is 0. The van der Waals surface area contributed by atoms with Gasteiger partial charge in [0, 0.05) is 5.56 Å². The van der Waals surface area contributed by atoms with Gasteiger partial charge in [-0.1, -0.05) is 29.4 Å². The minimum atomic E-state index is 0.239. The molecule has 1 rings (SSSR count). The lowest BCUT2D eigenvalue weighted by Crippen LogP contribution is -2.02. The first kappa shape index (κ1) is 13.8. The molecule has 2 nitrogen and oxygen atoms in total. The van der Waals surface area contributed by atoms with Crippen molar-refractivity contribution in [1.82, 2.24) is 0 Å². The maximum Gasteiger partial charge on any atom is 0.152 e. The molecule has 1 aromatic carbocycles. The molecular weight excluding hydrogens is 234 g/mol. The van der Waals surface area contributed by atoms with Crippen molar-refractivity contribution in [3.05, 3.63) is 46.0 Å². The van der Waals surface area contributed by atoms with Gasteiger partial charge in [0.05, 0.1) is 10.7 Å². The second-order valence-electron chi connectivity index (χ2n) is 4.22. The molecule has 0 saturated heterocycles. The van der Waals surface area contributed by atoms with E-state index in [0.29, 0.717) is 5.03 Å². The van der Waals surface area contributed by atoms with Gasteiger partial charge < -0.3 is 4.84 Å². The van der Waals surface area contributed by atoms with Gasteiger partial charge in [0.25, 0.3) is 0 Å². The highest BCUT2D eigenvalue weighted by atomic mass is 35.5. The van der Waals surface area contributed by atoms with Crippen LogP contribution in [0.25, 0.3) is 0 Å². The summed E-state index contributed by atoms with van der Waals surface area (Å²) in [5, 5.41) is 4.48. The Balaban J connectivity index is 2.92. The third kappa shape index (κ3) is 3.90. The van der Waals surface area contributed by atoms with Gasteiger partial charge in [0.15, 0.2) is 6.61 Å². The number of nitrogens with zero attached hydrogens (tertiary/aromatic N) is 1. The molecule has 92 valence electrons. The highest BCUT2D eigenvalue weighted by Gasteiger charge is 2.05. The monoisotopic (exact) mass is 251 g/mol. The summed E-state index contributed by atoms with van der Waals surface area (Å²) in [5.41, 5.74) is 5.69. The smallest absolute Gasteiger partial charge is 0.152 e. The Hall–Kier alpha value is -1.28. The molecule has 0 aliphatic heterocycles. The van der Waals surface area contributed by atoms with E-state index >= 15 is 0 Å². The Kier molecular flexibility index (Phi) is 4.76. The average molecular weight is 252 g/mol. The van der Waals surface area contributed by atoms with E-state index in [1.54, 1.807) is 0 Å². The summed E-state index contributed by atoms with van der Waals surface area (Å²) in [6, 6.07) is 4.28. The molecule has 0 spiro atoms. The second kappa shape index (κ2) is 5.87. The third-order valence-corrected chi connectivity index (χ3v) is 2.76. The average Bonchev–Trinajstić information content (AvgIpc) is 2.22. The molecule has 0 amide bonds. The number of halogens is 1. The lowest BCUT2D eigenvalue weighted by molar-refractivity contribution is 0.172. The molecule has 0 unspecified atom stereocenters. The summed E-state index contributed by atoms with van der Waals surface area (Å²) >= 11 is 5.60. The van der Waals surface area contributed by atoms with Crippen molar-refractivity contribution in [3.8, 4) is 0 Å². The van der Waals surface area contributed by atoms with E-state index in [1.807, 2.05) is 6.92 Å². The predicted molar refractivity (Wildman–Crippen MR) is 73.8 cm³/mol. The maximum absolute atomic E-state index is 5.60. The highest BCUT2D eigenvalue weighted by Crippen LogP contribution is 2.16. The summed E-state index contributed by atoms with van der Waals surface area (Å²) in [4.78, 5) is 5.09. The van der Waals surface area contributed by atoms with Gasteiger partial charge in [-0.3, -0.25) is 0 Å². The topological polar surface area (TPSA) is 21.6 Å². The van der Waals surface area contributed by atoms with Crippen LogP contribution in [0.15, 0.2) is 28.9 Å². The lowest BCUT2D eigenvalue weighted by Gasteiger charge is -2.09. The van der Waals surface area contributed by atoms with Crippen molar-refractivity contribution < 1.29 is 4.84 Å². The Morgan fingerprint density at radius 2 is 1.82 bits per heavy atom. The Morgan fingerprint density at radius 3 is 2.41 bits per heavy atom. The predicted octanol–water partition coefficient (Wildman–Crippen LogP) is 4.10. The molecule has 0 radical (unpaired) electrons. The molecule has 1 aromatic rings. The number of oxime groups is 1. The summed E-state index contributed by atoms with van der Waals surface area (Å²) in [6.07, 6.45) is 0. The zero-order valence-electron chi connectivity index (χ0n) is 10.8. The lowest BCUT2D eigenvalue weighted by atomic mass is 9.98. The first-order valence-electron chi connectivity index (χ1n) is 5.50. The fourth-order valence-corrected chi connectivity index (χ4v) is 1.65. The fraction of sp³-hybridized carbons (Fsp3) is 0.357. The molecule has 0 aliphatic carbocycles. The van der Waals surface area contributed by atoms with Crippen molar-refractivity contribution in [2.75, 3.05) is 6.61 Å². The largest absolute Gasteiger partial charge is 0.390 e. The molecule has 0 heterocycles. The minimum Gasteiger partial charge on any atom is -0.390 e. The van der Waals surface area contributed by atoms with E-state index < -0.39 is 0 Å². The van der Waals surface area contributed by atoms with E-state index in [-0.39, 0.29) is 6.61 Å². The zero-order valence-corrected chi connectivity index (χ0v) is 11.6. The molecule has 0 atom stereocenters. The van der Waals surface area contributed by atoms with Gasteiger partial charge in [0.1, 0.15) is 0 Å². The van der Waals surface area contributed by atoms with Gasteiger partial charge in [-0.2, -0.15) is 0 Å². The van der Waals surface area contributed by atoms with Crippen LogP contribution in [0.4, 0.5) is 0 Å². The van der Waals surface area contributed by atoms with Crippen LogP contribution in [0.2, 0.25) is 0 Å². The first-order chi connectivity index (χ1) is 7.91. The van der Waals surface area contributed by atoms with E-state index in [0.717, 1.165) is 11.3 Å². The van der Waals surface area contributed by atoms with Crippen molar-refractivity contribution in [2.24, 2.45) is 5.16 Å². The van der Waals surface area contributed by atoms with E-state index in [9.17, 15) is 0 Å². The number of hydrogen-bond acceptors (Lipinski definition) is 2. The van der Waals surface area contributed by atoms with Gasteiger partial charge in [-0.05, 0) is 50.5 Å². The highest BCUT2D eigenvalue weighted by molar-refractivity contribution is 6.29. The van der Waals surface area contributed by atoms with Crippen LogP contribution in [0.1, 0.15) is 29.2 Å². The Morgan fingerprint density at radius 1 is 1.24 bits per heavy atom. The quantitative estimate of drug-likeness (QED) is 0.583. The van der Waals surface area contributed by atoms with Gasteiger partial charge >= 0.3 is 0 Å². The van der Waals surface area contributed by atoms with Gasteiger partial charge in [-0.25, -0.2) is 0 Å². The SMILES string of the molecule is C=C(Cl)CO/N=C(\C)c1cc(C)c(C)cc1C.